The second kappa shape index (κ2) is 6.92. The Bertz CT molecular complexity index is 783. The molecule has 0 radical (unpaired) electrons. The summed E-state index contributed by atoms with van der Waals surface area (Å²) in [5.74, 6) is 1.09. The minimum Gasteiger partial charge on any atom is -0.338 e. The monoisotopic (exact) mass is 336 g/mol. The fourth-order valence-corrected chi connectivity index (χ4v) is 3.73. The molecule has 1 aromatic heterocycles. The average Bonchev–Trinajstić information content (AvgIpc) is 3.15. The Morgan fingerprint density at radius 3 is 3.12 bits per heavy atom. The smallest absolute Gasteiger partial charge is 0.227 e. The van der Waals surface area contributed by atoms with E-state index in [4.69, 9.17) is 4.98 Å². The van der Waals surface area contributed by atoms with Crippen LogP contribution >= 0.6 is 0 Å². The lowest BCUT2D eigenvalue weighted by Gasteiger charge is -2.28. The molecule has 1 aromatic carbocycles. The highest BCUT2D eigenvalue weighted by molar-refractivity contribution is 5.79. The third kappa shape index (κ3) is 3.56. The summed E-state index contributed by atoms with van der Waals surface area (Å²) in [5, 5.41) is 3.45. The Morgan fingerprint density at radius 2 is 2.32 bits per heavy atom. The van der Waals surface area contributed by atoms with Crippen LogP contribution in [0.3, 0.4) is 0 Å². The summed E-state index contributed by atoms with van der Waals surface area (Å²) in [7, 11) is 0. The number of hydrogen-bond donors (Lipinski definition) is 1. The van der Waals surface area contributed by atoms with E-state index in [1.807, 2.05) is 23.2 Å². The fourth-order valence-electron chi connectivity index (χ4n) is 3.73. The van der Waals surface area contributed by atoms with Gasteiger partial charge in [-0.1, -0.05) is 29.8 Å². The van der Waals surface area contributed by atoms with Crippen molar-refractivity contribution in [3.63, 3.8) is 0 Å². The SMILES string of the molecule is Cc1cccc(CC(=O)N2CCc3nc(C4CCCN4)ncc3C2)c1. The van der Waals surface area contributed by atoms with Crippen LogP contribution in [-0.2, 0) is 24.2 Å². The van der Waals surface area contributed by atoms with Crippen LogP contribution in [0.25, 0.3) is 0 Å². The van der Waals surface area contributed by atoms with E-state index in [1.165, 1.54) is 12.0 Å². The van der Waals surface area contributed by atoms with Crippen molar-refractivity contribution in [1.29, 1.82) is 0 Å². The molecule has 25 heavy (non-hydrogen) atoms. The molecule has 2 aromatic rings. The number of aromatic nitrogens is 2. The number of carbonyl (C=O) groups is 1. The van der Waals surface area contributed by atoms with Crippen LogP contribution in [0.15, 0.2) is 30.5 Å². The van der Waals surface area contributed by atoms with Crippen LogP contribution in [0.4, 0.5) is 0 Å². The lowest BCUT2D eigenvalue weighted by Crippen LogP contribution is -2.37. The van der Waals surface area contributed by atoms with Crippen LogP contribution in [0.1, 0.15) is 47.1 Å². The molecule has 5 nitrogen and oxygen atoms in total. The van der Waals surface area contributed by atoms with Gasteiger partial charge in [-0.15, -0.1) is 0 Å². The van der Waals surface area contributed by atoms with E-state index in [2.05, 4.69) is 29.4 Å². The molecule has 1 atom stereocenters. The number of nitrogens with one attached hydrogen (secondary N) is 1. The molecule has 1 N–H and O–H groups in total. The third-order valence-corrected chi connectivity index (χ3v) is 5.12. The van der Waals surface area contributed by atoms with Crippen LogP contribution < -0.4 is 5.32 Å². The molecule has 130 valence electrons. The van der Waals surface area contributed by atoms with Gasteiger partial charge in [-0.2, -0.15) is 0 Å². The van der Waals surface area contributed by atoms with Crippen molar-refractivity contribution >= 4 is 5.91 Å². The van der Waals surface area contributed by atoms with E-state index in [1.54, 1.807) is 0 Å². The number of amides is 1. The Hall–Kier alpha value is -2.27. The zero-order valence-corrected chi connectivity index (χ0v) is 14.7. The number of carbonyl (C=O) groups excluding carboxylic acids is 1. The number of benzene rings is 1. The highest BCUT2D eigenvalue weighted by atomic mass is 16.2. The minimum absolute atomic E-state index is 0.179. The summed E-state index contributed by atoms with van der Waals surface area (Å²) >= 11 is 0. The molecule has 1 unspecified atom stereocenters. The van der Waals surface area contributed by atoms with Crippen molar-refractivity contribution < 1.29 is 4.79 Å². The number of aryl methyl sites for hydroxylation is 1. The van der Waals surface area contributed by atoms with Gasteiger partial charge >= 0.3 is 0 Å². The number of rotatable bonds is 3. The molecular weight excluding hydrogens is 312 g/mol. The molecule has 0 bridgehead atoms. The first kappa shape index (κ1) is 16.2. The molecule has 0 saturated carbocycles. The van der Waals surface area contributed by atoms with Gasteiger partial charge in [0, 0.05) is 31.3 Å². The van der Waals surface area contributed by atoms with E-state index >= 15 is 0 Å². The molecular formula is C20H24N4O. The van der Waals surface area contributed by atoms with Gasteiger partial charge in [0.15, 0.2) is 0 Å². The number of nitrogens with zero attached hydrogens (tertiary/aromatic N) is 3. The van der Waals surface area contributed by atoms with Crippen molar-refractivity contribution in [2.75, 3.05) is 13.1 Å². The molecule has 1 fully saturated rings. The maximum atomic E-state index is 12.6. The maximum Gasteiger partial charge on any atom is 0.227 e. The van der Waals surface area contributed by atoms with E-state index in [9.17, 15) is 4.79 Å². The van der Waals surface area contributed by atoms with Gasteiger partial charge in [0.1, 0.15) is 5.82 Å². The predicted octanol–water partition coefficient (Wildman–Crippen LogP) is 2.34. The predicted molar refractivity (Wildman–Crippen MR) is 96.0 cm³/mol. The van der Waals surface area contributed by atoms with Crippen molar-refractivity contribution in [2.24, 2.45) is 0 Å². The van der Waals surface area contributed by atoms with Crippen LogP contribution in [0, 0.1) is 6.92 Å². The highest BCUT2D eigenvalue weighted by Gasteiger charge is 2.25. The summed E-state index contributed by atoms with van der Waals surface area (Å²) in [4.78, 5) is 23.9. The van der Waals surface area contributed by atoms with Crippen molar-refractivity contribution in [1.82, 2.24) is 20.2 Å². The maximum absolute atomic E-state index is 12.6. The Balaban J connectivity index is 1.44. The first-order chi connectivity index (χ1) is 12.2. The van der Waals surface area contributed by atoms with E-state index in [-0.39, 0.29) is 5.91 Å². The van der Waals surface area contributed by atoms with E-state index < -0.39 is 0 Å². The number of fused-ring (bicyclic) bond motifs is 1. The molecule has 3 heterocycles. The normalized spacial score (nSPS) is 19.7. The van der Waals surface area contributed by atoms with Crippen LogP contribution in [-0.4, -0.2) is 33.9 Å². The van der Waals surface area contributed by atoms with Gasteiger partial charge in [-0.05, 0) is 31.9 Å². The van der Waals surface area contributed by atoms with Crippen molar-refractivity contribution in [3.8, 4) is 0 Å². The second-order valence-corrected chi connectivity index (χ2v) is 7.08. The lowest BCUT2D eigenvalue weighted by atomic mass is 10.0. The van der Waals surface area contributed by atoms with Gasteiger partial charge in [0.05, 0.1) is 18.2 Å². The molecule has 4 rings (SSSR count). The van der Waals surface area contributed by atoms with Gasteiger partial charge in [0.2, 0.25) is 5.91 Å². The highest BCUT2D eigenvalue weighted by Crippen LogP contribution is 2.23. The number of hydrogen-bond acceptors (Lipinski definition) is 4. The standard InChI is InChI=1S/C20H24N4O/c1-14-4-2-5-15(10-14)11-19(25)24-9-7-17-16(13-24)12-22-20(23-17)18-6-3-8-21-18/h2,4-5,10,12,18,21H,3,6-9,11,13H2,1H3. The fraction of sp³-hybridized carbons (Fsp3) is 0.450. The summed E-state index contributed by atoms with van der Waals surface area (Å²) in [5.41, 5.74) is 4.47. The molecule has 5 heteroatoms. The Labute approximate surface area is 148 Å². The Morgan fingerprint density at radius 1 is 1.40 bits per heavy atom. The van der Waals surface area contributed by atoms with Gasteiger partial charge < -0.3 is 10.2 Å². The summed E-state index contributed by atoms with van der Waals surface area (Å²) in [6.07, 6.45) is 5.50. The molecule has 1 amide bonds. The average molecular weight is 336 g/mol. The molecule has 2 aliphatic rings. The molecule has 1 saturated heterocycles. The third-order valence-electron chi connectivity index (χ3n) is 5.12. The molecule has 0 spiro atoms. The first-order valence-electron chi connectivity index (χ1n) is 9.10. The molecule has 0 aliphatic carbocycles. The zero-order chi connectivity index (χ0) is 17.2. The van der Waals surface area contributed by atoms with Crippen LogP contribution in [0.5, 0.6) is 0 Å². The van der Waals surface area contributed by atoms with Gasteiger partial charge in [-0.3, -0.25) is 4.79 Å². The van der Waals surface area contributed by atoms with Crippen molar-refractivity contribution in [2.45, 2.75) is 45.2 Å². The summed E-state index contributed by atoms with van der Waals surface area (Å²) in [6.45, 7) is 4.47. The topological polar surface area (TPSA) is 58.1 Å². The quantitative estimate of drug-likeness (QED) is 0.935. The molecule has 2 aliphatic heterocycles. The summed E-state index contributed by atoms with van der Waals surface area (Å²) in [6, 6.07) is 8.47. The lowest BCUT2D eigenvalue weighted by molar-refractivity contribution is -0.131. The van der Waals surface area contributed by atoms with Gasteiger partial charge in [0.25, 0.3) is 0 Å². The van der Waals surface area contributed by atoms with Crippen molar-refractivity contribution in [3.05, 3.63) is 58.7 Å². The van der Waals surface area contributed by atoms with E-state index in [0.29, 0.717) is 19.0 Å². The first-order valence-corrected chi connectivity index (χ1v) is 9.10. The van der Waals surface area contributed by atoms with Crippen LogP contribution in [0.2, 0.25) is 0 Å². The second-order valence-electron chi connectivity index (χ2n) is 7.08. The van der Waals surface area contributed by atoms with E-state index in [0.717, 1.165) is 48.6 Å². The largest absolute Gasteiger partial charge is 0.338 e. The minimum atomic E-state index is 0.179. The van der Waals surface area contributed by atoms with Gasteiger partial charge in [-0.25, -0.2) is 9.97 Å². The summed E-state index contributed by atoms with van der Waals surface area (Å²) < 4.78 is 0. The zero-order valence-electron chi connectivity index (χ0n) is 14.7. The Kier molecular flexibility index (Phi) is 4.49.